The Morgan fingerprint density at radius 2 is 1.86 bits per heavy atom. The number of anilines is 1. The number of nitrogens with zero attached hydrogens (tertiary/aromatic N) is 1. The third-order valence-corrected chi connectivity index (χ3v) is 6.03. The van der Waals surface area contributed by atoms with Crippen LogP contribution in [0.1, 0.15) is 5.56 Å². The molecule has 0 atom stereocenters. The van der Waals surface area contributed by atoms with E-state index in [0.717, 1.165) is 22.1 Å². The number of hydrogen-bond donors (Lipinski definition) is 2. The number of ether oxygens (including phenoxy) is 1. The van der Waals surface area contributed by atoms with Gasteiger partial charge in [0.2, 0.25) is 0 Å². The second kappa shape index (κ2) is 10.1. The van der Waals surface area contributed by atoms with Gasteiger partial charge in [0.25, 0.3) is 10.0 Å². The summed E-state index contributed by atoms with van der Waals surface area (Å²) in [6.45, 7) is 1.83. The Bertz CT molecular complexity index is 1450. The van der Waals surface area contributed by atoms with E-state index in [-0.39, 0.29) is 10.6 Å². The van der Waals surface area contributed by atoms with Crippen LogP contribution in [-0.4, -0.2) is 37.8 Å². The van der Waals surface area contributed by atoms with Crippen molar-refractivity contribution in [3.05, 3.63) is 72.8 Å². The van der Waals surface area contributed by atoms with E-state index in [1.807, 2.05) is 19.1 Å². The van der Waals surface area contributed by atoms with Gasteiger partial charge in [-0.15, -0.1) is 0 Å². The van der Waals surface area contributed by atoms with Crippen LogP contribution in [0.5, 0.6) is 5.75 Å². The Morgan fingerprint density at radius 3 is 2.46 bits per heavy atom. The van der Waals surface area contributed by atoms with Crippen LogP contribution in [0, 0.1) is 6.92 Å². The molecule has 12 heteroatoms. The number of sulfonamides is 1. The Kier molecular flexibility index (Phi) is 7.34. The Hall–Kier alpha value is -4.06. The van der Waals surface area contributed by atoms with Gasteiger partial charge in [0.1, 0.15) is 16.2 Å². The van der Waals surface area contributed by atoms with Gasteiger partial charge < -0.3 is 14.3 Å². The highest BCUT2D eigenvalue weighted by atomic mass is 32.2. The number of furan rings is 1. The molecular formula is C23H19F3N2O6S. The normalized spacial score (nSPS) is 11.5. The molecule has 35 heavy (non-hydrogen) atoms. The lowest BCUT2D eigenvalue weighted by Crippen LogP contribution is -2.21. The maximum Gasteiger partial charge on any atom is 0.490 e. The molecule has 0 radical (unpaired) electrons. The number of halogens is 3. The highest BCUT2D eigenvalue weighted by Crippen LogP contribution is 2.34. The summed E-state index contributed by atoms with van der Waals surface area (Å²) >= 11 is 0. The Labute approximate surface area is 198 Å². The molecule has 0 bridgehead atoms. The molecule has 8 nitrogen and oxygen atoms in total. The van der Waals surface area contributed by atoms with Gasteiger partial charge in [-0.2, -0.15) is 13.2 Å². The monoisotopic (exact) mass is 508 g/mol. The van der Waals surface area contributed by atoms with E-state index in [4.69, 9.17) is 19.1 Å². The molecule has 0 fully saturated rings. The van der Waals surface area contributed by atoms with Gasteiger partial charge in [0, 0.05) is 28.9 Å². The van der Waals surface area contributed by atoms with Crippen molar-refractivity contribution >= 4 is 32.6 Å². The van der Waals surface area contributed by atoms with Gasteiger partial charge >= 0.3 is 12.1 Å². The number of alkyl halides is 3. The number of aromatic nitrogens is 1. The quantitative estimate of drug-likeness (QED) is 0.378. The summed E-state index contributed by atoms with van der Waals surface area (Å²) in [5, 5.41) is 7.91. The van der Waals surface area contributed by atoms with Crippen LogP contribution in [0.4, 0.5) is 18.9 Å². The smallest absolute Gasteiger partial charge is 0.490 e. The minimum atomic E-state index is -5.08. The minimum absolute atomic E-state index is 0.0882. The van der Waals surface area contributed by atoms with E-state index in [9.17, 15) is 21.6 Å². The van der Waals surface area contributed by atoms with Crippen molar-refractivity contribution < 1.29 is 40.6 Å². The molecule has 0 aliphatic carbocycles. The van der Waals surface area contributed by atoms with Crippen molar-refractivity contribution in [2.45, 2.75) is 18.0 Å². The van der Waals surface area contributed by atoms with E-state index < -0.39 is 22.2 Å². The van der Waals surface area contributed by atoms with Crippen LogP contribution < -0.4 is 9.46 Å². The maximum atomic E-state index is 13.0. The summed E-state index contributed by atoms with van der Waals surface area (Å²) in [4.78, 5) is 13.1. The highest BCUT2D eigenvalue weighted by molar-refractivity contribution is 7.92. The van der Waals surface area contributed by atoms with Crippen molar-refractivity contribution in [3.63, 3.8) is 0 Å². The number of carbonyl (C=O) groups is 1. The fourth-order valence-corrected chi connectivity index (χ4v) is 4.38. The Morgan fingerprint density at radius 1 is 1.14 bits per heavy atom. The van der Waals surface area contributed by atoms with E-state index >= 15 is 0 Å². The maximum absolute atomic E-state index is 13.0. The van der Waals surface area contributed by atoms with Crippen LogP contribution in [0.15, 0.2) is 76.5 Å². The lowest BCUT2D eigenvalue weighted by atomic mass is 10.0. The number of hydrogen-bond acceptors (Lipinski definition) is 6. The lowest BCUT2D eigenvalue weighted by Gasteiger charge is -2.13. The number of pyridine rings is 1. The number of carboxylic acids is 1. The fourth-order valence-electron chi connectivity index (χ4n) is 3.08. The number of rotatable bonds is 5. The van der Waals surface area contributed by atoms with Crippen LogP contribution in [0.25, 0.3) is 22.1 Å². The zero-order valence-corrected chi connectivity index (χ0v) is 19.1. The van der Waals surface area contributed by atoms with Crippen LogP contribution >= 0.6 is 0 Å². The van der Waals surface area contributed by atoms with Crippen LogP contribution in [0.2, 0.25) is 0 Å². The largest absolute Gasteiger partial charge is 0.495 e. The van der Waals surface area contributed by atoms with E-state index in [0.29, 0.717) is 11.3 Å². The predicted molar refractivity (Wildman–Crippen MR) is 122 cm³/mol. The van der Waals surface area contributed by atoms with Crippen molar-refractivity contribution in [1.29, 1.82) is 0 Å². The SMILES string of the molecule is COc1ccc(C)cc1S(=O)(=O)Nc1cc(-c2cccnc2)c2occc2c1.O=C(O)C(F)(F)F. The van der Waals surface area contributed by atoms with Crippen LogP contribution in [0.3, 0.4) is 0 Å². The third-order valence-electron chi connectivity index (χ3n) is 4.63. The first-order chi connectivity index (χ1) is 16.4. The topological polar surface area (TPSA) is 119 Å². The fraction of sp³-hybridized carbons (Fsp3) is 0.130. The minimum Gasteiger partial charge on any atom is -0.495 e. The van der Waals surface area contributed by atoms with Crippen molar-refractivity contribution in [2.75, 3.05) is 11.8 Å². The first kappa shape index (κ1) is 25.6. The number of nitrogens with one attached hydrogen (secondary N) is 1. The Balaban J connectivity index is 0.000000429. The molecule has 0 saturated carbocycles. The first-order valence-electron chi connectivity index (χ1n) is 9.81. The molecule has 2 aromatic carbocycles. The van der Waals surface area contributed by atoms with Gasteiger partial charge in [-0.3, -0.25) is 9.71 Å². The first-order valence-corrected chi connectivity index (χ1v) is 11.3. The van der Waals surface area contributed by atoms with Crippen molar-refractivity contribution in [3.8, 4) is 16.9 Å². The third kappa shape index (κ3) is 6.09. The second-order valence-electron chi connectivity index (χ2n) is 7.17. The summed E-state index contributed by atoms with van der Waals surface area (Å²) in [6, 6.07) is 14.0. The summed E-state index contributed by atoms with van der Waals surface area (Å²) in [7, 11) is -2.40. The zero-order chi connectivity index (χ0) is 25.8. The van der Waals surface area contributed by atoms with Crippen molar-refractivity contribution in [2.24, 2.45) is 0 Å². The molecule has 0 amide bonds. The molecule has 2 N–H and O–H groups in total. The van der Waals surface area contributed by atoms with Gasteiger partial charge in [0.15, 0.2) is 0 Å². The van der Waals surface area contributed by atoms with E-state index in [1.165, 1.54) is 7.11 Å². The number of benzene rings is 2. The molecule has 184 valence electrons. The van der Waals surface area contributed by atoms with Crippen molar-refractivity contribution in [1.82, 2.24) is 4.98 Å². The van der Waals surface area contributed by atoms with Gasteiger partial charge in [0.05, 0.1) is 19.1 Å². The molecular weight excluding hydrogens is 489 g/mol. The number of aliphatic carboxylic acids is 1. The molecule has 2 aromatic heterocycles. The summed E-state index contributed by atoms with van der Waals surface area (Å²) < 4.78 is 71.3. The molecule has 4 rings (SSSR count). The molecule has 0 aliphatic heterocycles. The molecule has 0 aliphatic rings. The van der Waals surface area contributed by atoms with E-state index in [2.05, 4.69) is 9.71 Å². The number of fused-ring (bicyclic) bond motifs is 1. The molecule has 2 heterocycles. The van der Waals surface area contributed by atoms with Gasteiger partial charge in [-0.05, 0) is 48.9 Å². The average Bonchev–Trinajstić information content (AvgIpc) is 3.27. The molecule has 0 spiro atoms. The molecule has 0 unspecified atom stereocenters. The lowest BCUT2D eigenvalue weighted by molar-refractivity contribution is -0.192. The summed E-state index contributed by atoms with van der Waals surface area (Å²) in [6.07, 6.45) is -0.120. The predicted octanol–water partition coefficient (Wildman–Crippen LogP) is 5.25. The highest BCUT2D eigenvalue weighted by Gasteiger charge is 2.38. The van der Waals surface area contributed by atoms with Gasteiger partial charge in [-0.25, -0.2) is 13.2 Å². The second-order valence-corrected chi connectivity index (χ2v) is 8.82. The zero-order valence-electron chi connectivity index (χ0n) is 18.3. The summed E-state index contributed by atoms with van der Waals surface area (Å²) in [5.74, 6) is -2.47. The number of carboxylic acid groups (broad SMARTS) is 1. The van der Waals surface area contributed by atoms with Gasteiger partial charge in [-0.1, -0.05) is 12.1 Å². The summed E-state index contributed by atoms with van der Waals surface area (Å²) in [5.41, 5.74) is 3.50. The van der Waals surface area contributed by atoms with Crippen LogP contribution in [-0.2, 0) is 14.8 Å². The number of methoxy groups -OCH3 is 1. The average molecular weight is 508 g/mol. The van der Waals surface area contributed by atoms with E-state index in [1.54, 1.807) is 55.1 Å². The molecule has 0 saturated heterocycles. The standard InChI is InChI=1S/C21H18N2O4S.C2HF3O2/c1-14-5-6-19(26-2)20(10-14)28(24,25)23-17-11-15-7-9-27-21(15)18(12-17)16-4-3-8-22-13-16;3-2(4,5)1(6)7/h3-13,23H,1-2H3;(H,6,7). The number of aryl methyl sites for hydroxylation is 1. The molecule has 4 aromatic rings.